The lowest BCUT2D eigenvalue weighted by atomic mass is 10.3. The molecular formula is C10H13BrClNOS. The Kier molecular flexibility index (Phi) is 5.09. The van der Waals surface area contributed by atoms with Crippen molar-refractivity contribution in [2.24, 2.45) is 0 Å². The fourth-order valence-corrected chi connectivity index (χ4v) is 2.86. The molecule has 1 aromatic heterocycles. The molecule has 1 unspecified atom stereocenters. The molecule has 0 aliphatic carbocycles. The van der Waals surface area contributed by atoms with Gasteiger partial charge in [-0.1, -0.05) is 0 Å². The largest absolute Gasteiger partial charge is 0.337 e. The molecule has 1 heterocycles. The van der Waals surface area contributed by atoms with Crippen LogP contribution in [0.1, 0.15) is 18.7 Å². The summed E-state index contributed by atoms with van der Waals surface area (Å²) in [5, 5.41) is -0.451. The third kappa shape index (κ3) is 3.78. The summed E-state index contributed by atoms with van der Waals surface area (Å²) in [6.45, 7) is 4.99. The van der Waals surface area contributed by atoms with Crippen LogP contribution in [-0.4, -0.2) is 22.7 Å². The molecule has 0 spiro atoms. The number of rotatable bonds is 4. The molecule has 1 aromatic rings. The Balaban J connectivity index is 2.65. The Morgan fingerprint density at radius 3 is 2.73 bits per heavy atom. The number of nitrogens with zero attached hydrogens (tertiary/aromatic N) is 1. The molecule has 15 heavy (non-hydrogen) atoms. The van der Waals surface area contributed by atoms with Gasteiger partial charge in [0.15, 0.2) is 0 Å². The highest BCUT2D eigenvalue weighted by Crippen LogP contribution is 2.23. The highest BCUT2D eigenvalue weighted by Gasteiger charge is 2.17. The maximum atomic E-state index is 11.7. The zero-order valence-electron chi connectivity index (χ0n) is 8.67. The van der Waals surface area contributed by atoms with Crippen LogP contribution in [0.4, 0.5) is 0 Å². The van der Waals surface area contributed by atoms with Gasteiger partial charge in [-0.2, -0.15) is 0 Å². The van der Waals surface area contributed by atoms with Gasteiger partial charge in [-0.25, -0.2) is 0 Å². The molecule has 0 saturated heterocycles. The topological polar surface area (TPSA) is 20.3 Å². The Bertz CT molecular complexity index is 340. The first-order valence-corrected chi connectivity index (χ1v) is 6.76. The summed E-state index contributed by atoms with van der Waals surface area (Å²) < 4.78 is 1.08. The van der Waals surface area contributed by atoms with Crippen molar-refractivity contribution in [1.82, 2.24) is 4.90 Å². The van der Waals surface area contributed by atoms with E-state index in [0.29, 0.717) is 13.1 Å². The van der Waals surface area contributed by atoms with Crippen LogP contribution in [0.2, 0.25) is 0 Å². The molecule has 2 nitrogen and oxygen atoms in total. The number of alkyl halides is 1. The highest BCUT2D eigenvalue weighted by molar-refractivity contribution is 9.11. The van der Waals surface area contributed by atoms with Gasteiger partial charge in [-0.15, -0.1) is 22.9 Å². The standard InChI is InChI=1S/C10H13BrClNOS/c1-3-13(10(14)7(2)12)6-8-4-5-9(11)15-8/h4-5,7H,3,6H2,1-2H3. The average Bonchev–Trinajstić information content (AvgIpc) is 2.59. The van der Waals surface area contributed by atoms with Crippen molar-refractivity contribution in [2.75, 3.05) is 6.54 Å². The molecule has 0 fully saturated rings. The Labute approximate surface area is 107 Å². The predicted octanol–water partition coefficient (Wildman–Crippen LogP) is 3.49. The maximum absolute atomic E-state index is 11.7. The van der Waals surface area contributed by atoms with Crippen LogP contribution < -0.4 is 0 Å². The van der Waals surface area contributed by atoms with Gasteiger partial charge in [0.05, 0.1) is 10.3 Å². The van der Waals surface area contributed by atoms with Crippen molar-refractivity contribution in [3.63, 3.8) is 0 Å². The van der Waals surface area contributed by atoms with Crippen LogP contribution in [-0.2, 0) is 11.3 Å². The van der Waals surface area contributed by atoms with Crippen molar-refractivity contribution in [2.45, 2.75) is 25.8 Å². The maximum Gasteiger partial charge on any atom is 0.240 e. The van der Waals surface area contributed by atoms with Gasteiger partial charge in [-0.3, -0.25) is 4.79 Å². The van der Waals surface area contributed by atoms with Gasteiger partial charge in [0.2, 0.25) is 5.91 Å². The third-order valence-electron chi connectivity index (χ3n) is 2.01. The van der Waals surface area contributed by atoms with E-state index < -0.39 is 5.38 Å². The predicted molar refractivity (Wildman–Crippen MR) is 68.4 cm³/mol. The molecule has 1 atom stereocenters. The number of thiophene rings is 1. The first-order valence-electron chi connectivity index (χ1n) is 4.71. The first kappa shape index (κ1) is 13.0. The Hall–Kier alpha value is -0.0600. The average molecular weight is 311 g/mol. The van der Waals surface area contributed by atoms with E-state index in [4.69, 9.17) is 11.6 Å². The second-order valence-corrected chi connectivity index (χ2v) is 6.38. The SMILES string of the molecule is CCN(Cc1ccc(Br)s1)C(=O)C(C)Cl. The summed E-state index contributed by atoms with van der Waals surface area (Å²) in [7, 11) is 0. The van der Waals surface area contributed by atoms with Crippen LogP contribution >= 0.6 is 38.9 Å². The monoisotopic (exact) mass is 309 g/mol. The summed E-state index contributed by atoms with van der Waals surface area (Å²) in [5.74, 6) is -0.0105. The van der Waals surface area contributed by atoms with E-state index in [0.717, 1.165) is 8.66 Å². The van der Waals surface area contributed by atoms with E-state index in [1.54, 1.807) is 23.2 Å². The molecule has 0 N–H and O–H groups in total. The quantitative estimate of drug-likeness (QED) is 0.780. The fourth-order valence-electron chi connectivity index (χ4n) is 1.22. The van der Waals surface area contributed by atoms with E-state index in [1.165, 1.54) is 0 Å². The van der Waals surface area contributed by atoms with Crippen molar-refractivity contribution < 1.29 is 4.79 Å². The van der Waals surface area contributed by atoms with E-state index in [2.05, 4.69) is 15.9 Å². The summed E-state index contributed by atoms with van der Waals surface area (Å²) in [4.78, 5) is 14.6. The molecule has 5 heteroatoms. The fraction of sp³-hybridized carbons (Fsp3) is 0.500. The van der Waals surface area contributed by atoms with Crippen LogP contribution in [0, 0.1) is 0 Å². The summed E-state index contributed by atoms with van der Waals surface area (Å²) in [5.41, 5.74) is 0. The highest BCUT2D eigenvalue weighted by atomic mass is 79.9. The number of hydrogen-bond donors (Lipinski definition) is 0. The minimum Gasteiger partial charge on any atom is -0.337 e. The van der Waals surface area contributed by atoms with Crippen LogP contribution in [0.25, 0.3) is 0 Å². The van der Waals surface area contributed by atoms with Gasteiger partial charge < -0.3 is 4.90 Å². The molecular weight excluding hydrogens is 298 g/mol. The Morgan fingerprint density at radius 2 is 2.33 bits per heavy atom. The lowest BCUT2D eigenvalue weighted by Crippen LogP contribution is -2.34. The third-order valence-corrected chi connectivity index (χ3v) is 3.80. The summed E-state index contributed by atoms with van der Waals surface area (Å²) in [6, 6.07) is 4.01. The lowest BCUT2D eigenvalue weighted by Gasteiger charge is -2.21. The molecule has 0 aliphatic heterocycles. The van der Waals surface area contributed by atoms with Crippen molar-refractivity contribution in [1.29, 1.82) is 0 Å². The molecule has 1 rings (SSSR count). The second kappa shape index (κ2) is 5.87. The van der Waals surface area contributed by atoms with Crippen LogP contribution in [0.15, 0.2) is 15.9 Å². The molecule has 0 radical (unpaired) electrons. The van der Waals surface area contributed by atoms with Crippen molar-refractivity contribution >= 4 is 44.8 Å². The minimum absolute atomic E-state index is 0.0105. The zero-order chi connectivity index (χ0) is 11.4. The molecule has 0 saturated carbocycles. The molecule has 1 amide bonds. The van der Waals surface area contributed by atoms with Gasteiger partial charge in [0, 0.05) is 11.4 Å². The van der Waals surface area contributed by atoms with Crippen LogP contribution in [0.3, 0.4) is 0 Å². The lowest BCUT2D eigenvalue weighted by molar-refractivity contribution is -0.130. The number of carbonyl (C=O) groups excluding carboxylic acids is 1. The molecule has 0 aliphatic rings. The molecule has 0 bridgehead atoms. The molecule has 84 valence electrons. The minimum atomic E-state index is -0.451. The van der Waals surface area contributed by atoms with Gasteiger partial charge in [-0.05, 0) is 41.9 Å². The van der Waals surface area contributed by atoms with E-state index in [-0.39, 0.29) is 5.91 Å². The first-order chi connectivity index (χ1) is 7.04. The number of halogens is 2. The van der Waals surface area contributed by atoms with Gasteiger partial charge in [0.25, 0.3) is 0 Å². The Morgan fingerprint density at radius 1 is 1.67 bits per heavy atom. The number of hydrogen-bond acceptors (Lipinski definition) is 2. The summed E-state index contributed by atoms with van der Waals surface area (Å²) >= 11 is 10.8. The van der Waals surface area contributed by atoms with Crippen LogP contribution in [0.5, 0.6) is 0 Å². The zero-order valence-corrected chi connectivity index (χ0v) is 11.8. The van der Waals surface area contributed by atoms with E-state index in [9.17, 15) is 4.79 Å². The van der Waals surface area contributed by atoms with Crippen molar-refractivity contribution in [3.8, 4) is 0 Å². The number of amides is 1. The van der Waals surface area contributed by atoms with E-state index >= 15 is 0 Å². The van der Waals surface area contributed by atoms with E-state index in [1.807, 2.05) is 19.1 Å². The normalized spacial score (nSPS) is 12.5. The van der Waals surface area contributed by atoms with Crippen molar-refractivity contribution in [3.05, 3.63) is 20.8 Å². The van der Waals surface area contributed by atoms with Gasteiger partial charge in [0.1, 0.15) is 5.38 Å². The summed E-state index contributed by atoms with van der Waals surface area (Å²) in [6.07, 6.45) is 0. The second-order valence-electron chi connectivity index (χ2n) is 3.17. The van der Waals surface area contributed by atoms with Gasteiger partial charge >= 0.3 is 0 Å². The smallest absolute Gasteiger partial charge is 0.240 e. The molecule has 0 aromatic carbocycles. The number of carbonyl (C=O) groups is 1.